The molecule has 1 aliphatic rings. The van der Waals surface area contributed by atoms with Crippen LogP contribution in [0.25, 0.3) is 0 Å². The Bertz CT molecular complexity index is 538. The molecule has 1 heterocycles. The second kappa shape index (κ2) is 7.56. The van der Waals surface area contributed by atoms with Crippen LogP contribution >= 0.6 is 0 Å². The van der Waals surface area contributed by atoms with Gasteiger partial charge in [-0.2, -0.15) is 0 Å². The van der Waals surface area contributed by atoms with E-state index in [1.165, 1.54) is 5.56 Å². The highest BCUT2D eigenvalue weighted by molar-refractivity contribution is 5.68. The van der Waals surface area contributed by atoms with Crippen molar-refractivity contribution in [2.45, 2.75) is 65.8 Å². The van der Waals surface area contributed by atoms with Gasteiger partial charge in [-0.1, -0.05) is 44.2 Å². The number of hydrogen-bond donors (Lipinski definition) is 1. The van der Waals surface area contributed by atoms with Crippen molar-refractivity contribution >= 4 is 6.09 Å². The zero-order valence-corrected chi connectivity index (χ0v) is 15.9. The molecule has 1 saturated heterocycles. The molecule has 1 aliphatic heterocycles. The van der Waals surface area contributed by atoms with Crippen molar-refractivity contribution in [3.8, 4) is 0 Å². The van der Waals surface area contributed by atoms with Gasteiger partial charge in [-0.25, -0.2) is 4.79 Å². The van der Waals surface area contributed by atoms with E-state index in [1.54, 1.807) is 0 Å². The van der Waals surface area contributed by atoms with Gasteiger partial charge >= 0.3 is 6.09 Å². The van der Waals surface area contributed by atoms with Gasteiger partial charge in [0.15, 0.2) is 0 Å². The number of ether oxygens (including phenoxy) is 1. The topological polar surface area (TPSA) is 41.6 Å². The highest BCUT2D eigenvalue weighted by Crippen LogP contribution is 2.29. The first-order valence-electron chi connectivity index (χ1n) is 8.95. The van der Waals surface area contributed by atoms with Crippen molar-refractivity contribution < 1.29 is 9.53 Å². The SMILES string of the molecule is C[C@H]1[C@@H](NC(=O)OC(C)(C)C)[C@@H](C)N(Cc2ccccc2)C[C@H]1C. The fourth-order valence-corrected chi connectivity index (χ4v) is 3.44. The van der Waals surface area contributed by atoms with E-state index in [4.69, 9.17) is 4.74 Å². The summed E-state index contributed by atoms with van der Waals surface area (Å²) in [7, 11) is 0. The van der Waals surface area contributed by atoms with Gasteiger partial charge in [-0.3, -0.25) is 4.90 Å². The number of piperidine rings is 1. The van der Waals surface area contributed by atoms with E-state index in [0.717, 1.165) is 13.1 Å². The first-order valence-corrected chi connectivity index (χ1v) is 8.95. The summed E-state index contributed by atoms with van der Waals surface area (Å²) in [5, 5.41) is 3.12. The molecule has 24 heavy (non-hydrogen) atoms. The molecule has 1 fully saturated rings. The first-order chi connectivity index (χ1) is 11.2. The van der Waals surface area contributed by atoms with E-state index in [0.29, 0.717) is 11.8 Å². The van der Waals surface area contributed by atoms with E-state index in [2.05, 4.69) is 55.3 Å². The van der Waals surface area contributed by atoms with Crippen LogP contribution < -0.4 is 5.32 Å². The third-order valence-corrected chi connectivity index (χ3v) is 4.99. The van der Waals surface area contributed by atoms with E-state index in [1.807, 2.05) is 26.8 Å². The number of nitrogens with one attached hydrogen (secondary N) is 1. The molecule has 0 radical (unpaired) electrons. The van der Waals surface area contributed by atoms with E-state index in [-0.39, 0.29) is 18.2 Å². The van der Waals surface area contributed by atoms with Crippen LogP contribution in [0.2, 0.25) is 0 Å². The van der Waals surface area contributed by atoms with Crippen LogP contribution in [0.15, 0.2) is 30.3 Å². The molecular formula is C20H32N2O2. The Hall–Kier alpha value is -1.55. The van der Waals surface area contributed by atoms with Gasteiger partial charge in [0.2, 0.25) is 0 Å². The number of carbonyl (C=O) groups is 1. The maximum absolute atomic E-state index is 12.2. The van der Waals surface area contributed by atoms with Crippen LogP contribution in [0.4, 0.5) is 4.79 Å². The van der Waals surface area contributed by atoms with Crippen LogP contribution in [0.3, 0.4) is 0 Å². The number of carbonyl (C=O) groups excluding carboxylic acids is 1. The lowest BCUT2D eigenvalue weighted by molar-refractivity contribution is 0.0197. The zero-order valence-electron chi connectivity index (χ0n) is 15.9. The van der Waals surface area contributed by atoms with Crippen LogP contribution in [-0.4, -0.2) is 35.2 Å². The summed E-state index contributed by atoms with van der Waals surface area (Å²) in [5.74, 6) is 0.935. The Labute approximate surface area is 146 Å². The van der Waals surface area contributed by atoms with Crippen molar-refractivity contribution in [3.63, 3.8) is 0 Å². The van der Waals surface area contributed by atoms with Crippen LogP contribution in [-0.2, 0) is 11.3 Å². The standard InChI is InChI=1S/C20H32N2O2/c1-14-12-22(13-17-10-8-7-9-11-17)16(3)18(15(14)2)21-19(23)24-20(4,5)6/h7-11,14-16,18H,12-13H2,1-6H3,(H,21,23)/t14-,15-,16-,18-/m1/s1. The minimum absolute atomic E-state index is 0.0901. The second-order valence-electron chi connectivity index (χ2n) is 8.16. The molecule has 1 aromatic rings. The van der Waals surface area contributed by atoms with Gasteiger partial charge < -0.3 is 10.1 Å². The van der Waals surface area contributed by atoms with Crippen molar-refractivity contribution in [2.75, 3.05) is 6.54 Å². The van der Waals surface area contributed by atoms with Crippen molar-refractivity contribution in [1.82, 2.24) is 10.2 Å². The van der Waals surface area contributed by atoms with Gasteiger partial charge in [0, 0.05) is 19.1 Å². The average molecular weight is 332 g/mol. The van der Waals surface area contributed by atoms with Gasteiger partial charge in [0.25, 0.3) is 0 Å². The number of alkyl carbamates (subject to hydrolysis) is 1. The molecule has 0 bridgehead atoms. The molecule has 0 unspecified atom stereocenters. The van der Waals surface area contributed by atoms with E-state index >= 15 is 0 Å². The first kappa shape index (κ1) is 18.8. The predicted octanol–water partition coefficient (Wildman–Crippen LogP) is 4.06. The second-order valence-corrected chi connectivity index (χ2v) is 8.16. The summed E-state index contributed by atoms with van der Waals surface area (Å²) >= 11 is 0. The predicted molar refractivity (Wildman–Crippen MR) is 97.8 cm³/mol. The molecule has 4 heteroatoms. The van der Waals surface area contributed by atoms with Crippen LogP contribution in [0.5, 0.6) is 0 Å². The third-order valence-electron chi connectivity index (χ3n) is 4.99. The minimum Gasteiger partial charge on any atom is -0.444 e. The number of benzene rings is 1. The molecular weight excluding hydrogens is 300 g/mol. The number of rotatable bonds is 3. The summed E-state index contributed by atoms with van der Waals surface area (Å²) in [6.07, 6.45) is -0.319. The average Bonchev–Trinajstić information content (AvgIpc) is 2.48. The fraction of sp³-hybridized carbons (Fsp3) is 0.650. The summed E-state index contributed by atoms with van der Waals surface area (Å²) in [6.45, 7) is 14.3. The number of likely N-dealkylation sites (tertiary alicyclic amines) is 1. The maximum atomic E-state index is 12.2. The molecule has 0 spiro atoms. The lowest BCUT2D eigenvalue weighted by atomic mass is 9.80. The highest BCUT2D eigenvalue weighted by Gasteiger charge is 2.38. The van der Waals surface area contributed by atoms with Crippen molar-refractivity contribution in [1.29, 1.82) is 0 Å². The fourth-order valence-electron chi connectivity index (χ4n) is 3.44. The Morgan fingerprint density at radius 3 is 2.42 bits per heavy atom. The lowest BCUT2D eigenvalue weighted by Gasteiger charge is -2.46. The Kier molecular flexibility index (Phi) is 5.92. The zero-order chi connectivity index (χ0) is 17.9. The van der Waals surface area contributed by atoms with E-state index < -0.39 is 5.60 Å². The number of nitrogens with zero attached hydrogens (tertiary/aromatic N) is 1. The molecule has 1 aromatic carbocycles. The molecule has 4 nitrogen and oxygen atoms in total. The minimum atomic E-state index is -0.472. The van der Waals surface area contributed by atoms with Crippen molar-refractivity contribution in [2.24, 2.45) is 11.8 Å². The van der Waals surface area contributed by atoms with E-state index in [9.17, 15) is 4.79 Å². The normalized spacial score (nSPS) is 28.4. The third kappa shape index (κ3) is 4.97. The van der Waals surface area contributed by atoms with Crippen molar-refractivity contribution in [3.05, 3.63) is 35.9 Å². The Balaban J connectivity index is 2.07. The molecule has 1 amide bonds. The molecule has 2 rings (SSSR count). The Morgan fingerprint density at radius 2 is 1.83 bits per heavy atom. The summed E-state index contributed by atoms with van der Waals surface area (Å²) < 4.78 is 5.46. The summed E-state index contributed by atoms with van der Waals surface area (Å²) in [6, 6.07) is 10.9. The maximum Gasteiger partial charge on any atom is 0.407 e. The number of amides is 1. The quantitative estimate of drug-likeness (QED) is 0.907. The van der Waals surface area contributed by atoms with Gasteiger partial charge in [-0.15, -0.1) is 0 Å². The molecule has 0 saturated carbocycles. The molecule has 4 atom stereocenters. The molecule has 0 aromatic heterocycles. The van der Waals surface area contributed by atoms with Gasteiger partial charge in [0.1, 0.15) is 5.60 Å². The lowest BCUT2D eigenvalue weighted by Crippen LogP contribution is -2.60. The number of hydrogen-bond acceptors (Lipinski definition) is 3. The smallest absolute Gasteiger partial charge is 0.407 e. The van der Waals surface area contributed by atoms with Gasteiger partial charge in [0.05, 0.1) is 6.04 Å². The largest absolute Gasteiger partial charge is 0.444 e. The van der Waals surface area contributed by atoms with Gasteiger partial charge in [-0.05, 0) is 45.1 Å². The van der Waals surface area contributed by atoms with Crippen LogP contribution in [0.1, 0.15) is 47.1 Å². The summed E-state index contributed by atoms with van der Waals surface area (Å²) in [5.41, 5.74) is 0.836. The monoisotopic (exact) mass is 332 g/mol. The Morgan fingerprint density at radius 1 is 1.21 bits per heavy atom. The highest BCUT2D eigenvalue weighted by atomic mass is 16.6. The molecule has 1 N–H and O–H groups in total. The summed E-state index contributed by atoms with van der Waals surface area (Å²) in [4.78, 5) is 14.7. The van der Waals surface area contributed by atoms with Crippen LogP contribution in [0, 0.1) is 11.8 Å². The molecule has 134 valence electrons. The molecule has 0 aliphatic carbocycles.